The van der Waals surface area contributed by atoms with E-state index in [0.717, 1.165) is 0 Å². The summed E-state index contributed by atoms with van der Waals surface area (Å²) in [7, 11) is 0. The fourth-order valence-electron chi connectivity index (χ4n) is 1.82. The van der Waals surface area contributed by atoms with Gasteiger partial charge in [-0.3, -0.25) is 11.3 Å². The van der Waals surface area contributed by atoms with Gasteiger partial charge in [-0.15, -0.1) is 11.3 Å². The molecule has 3 heteroatoms. The number of hydrogen-bond acceptors (Lipinski definition) is 3. The van der Waals surface area contributed by atoms with Crippen LogP contribution in [0.15, 0.2) is 17.5 Å². The van der Waals surface area contributed by atoms with Crippen molar-refractivity contribution in [3.05, 3.63) is 22.4 Å². The summed E-state index contributed by atoms with van der Waals surface area (Å²) in [6.45, 7) is 4.48. The van der Waals surface area contributed by atoms with Gasteiger partial charge in [0.1, 0.15) is 0 Å². The lowest BCUT2D eigenvalue weighted by Crippen LogP contribution is -2.36. The minimum Gasteiger partial charge on any atom is -0.271 e. The summed E-state index contributed by atoms with van der Waals surface area (Å²) in [6, 6.07) is 4.80. The number of rotatable bonds is 7. The fraction of sp³-hybridized carbons (Fsp3) is 0.667. The van der Waals surface area contributed by atoms with E-state index < -0.39 is 0 Å². The van der Waals surface area contributed by atoms with Gasteiger partial charge >= 0.3 is 0 Å². The Hall–Kier alpha value is -0.380. The van der Waals surface area contributed by atoms with Gasteiger partial charge in [-0.1, -0.05) is 19.9 Å². The Morgan fingerprint density at radius 1 is 1.47 bits per heavy atom. The van der Waals surface area contributed by atoms with Crippen LogP contribution in [-0.2, 0) is 6.42 Å². The van der Waals surface area contributed by atoms with E-state index in [1.54, 1.807) is 0 Å². The summed E-state index contributed by atoms with van der Waals surface area (Å²) in [6.07, 6.45) is 4.75. The Morgan fingerprint density at radius 3 is 2.80 bits per heavy atom. The quantitative estimate of drug-likeness (QED) is 0.554. The Morgan fingerprint density at radius 2 is 2.27 bits per heavy atom. The van der Waals surface area contributed by atoms with Gasteiger partial charge in [-0.05, 0) is 43.0 Å². The molecule has 1 aromatic heterocycles. The van der Waals surface area contributed by atoms with Crippen LogP contribution in [0.4, 0.5) is 0 Å². The van der Waals surface area contributed by atoms with Gasteiger partial charge in [0.05, 0.1) is 0 Å². The smallest absolute Gasteiger partial charge is 0.0213 e. The van der Waals surface area contributed by atoms with Crippen molar-refractivity contribution in [3.8, 4) is 0 Å². The summed E-state index contributed by atoms with van der Waals surface area (Å²) in [5, 5.41) is 2.14. The molecule has 1 unspecified atom stereocenters. The topological polar surface area (TPSA) is 38.0 Å². The highest BCUT2D eigenvalue weighted by atomic mass is 32.1. The lowest BCUT2D eigenvalue weighted by Gasteiger charge is -2.17. The summed E-state index contributed by atoms with van der Waals surface area (Å²) in [5.41, 5.74) is 2.92. The molecule has 1 atom stereocenters. The molecule has 0 amide bonds. The highest BCUT2D eigenvalue weighted by molar-refractivity contribution is 7.09. The van der Waals surface area contributed by atoms with Crippen LogP contribution in [0.25, 0.3) is 0 Å². The number of hydrogen-bond donors (Lipinski definition) is 2. The van der Waals surface area contributed by atoms with Gasteiger partial charge in [-0.25, -0.2) is 0 Å². The first-order chi connectivity index (χ1) is 7.22. The number of hydrazine groups is 1. The van der Waals surface area contributed by atoms with Gasteiger partial charge in [0.15, 0.2) is 0 Å². The van der Waals surface area contributed by atoms with Crippen molar-refractivity contribution in [2.24, 2.45) is 11.8 Å². The zero-order chi connectivity index (χ0) is 11.1. The highest BCUT2D eigenvalue weighted by Crippen LogP contribution is 2.15. The average molecular weight is 226 g/mol. The first kappa shape index (κ1) is 12.7. The van der Waals surface area contributed by atoms with E-state index in [9.17, 15) is 0 Å². The maximum Gasteiger partial charge on any atom is 0.0213 e. The number of aryl methyl sites for hydroxylation is 1. The van der Waals surface area contributed by atoms with Crippen molar-refractivity contribution >= 4 is 11.3 Å². The van der Waals surface area contributed by atoms with E-state index in [-0.39, 0.29) is 0 Å². The normalized spacial score (nSPS) is 13.3. The van der Waals surface area contributed by atoms with E-state index in [0.29, 0.717) is 12.0 Å². The third kappa shape index (κ3) is 5.30. The van der Waals surface area contributed by atoms with Crippen molar-refractivity contribution in [1.82, 2.24) is 5.43 Å². The largest absolute Gasteiger partial charge is 0.271 e. The maximum atomic E-state index is 5.53. The minimum absolute atomic E-state index is 0.477. The predicted molar refractivity (Wildman–Crippen MR) is 67.8 cm³/mol. The Balaban J connectivity index is 2.17. The minimum atomic E-state index is 0.477. The molecule has 1 aromatic rings. The molecule has 0 bridgehead atoms. The molecule has 0 aromatic carbocycles. The zero-order valence-electron chi connectivity index (χ0n) is 9.70. The molecule has 0 saturated carbocycles. The molecule has 0 fully saturated rings. The van der Waals surface area contributed by atoms with Crippen molar-refractivity contribution < 1.29 is 0 Å². The maximum absolute atomic E-state index is 5.53. The van der Waals surface area contributed by atoms with Crippen LogP contribution in [0.5, 0.6) is 0 Å². The summed E-state index contributed by atoms with van der Waals surface area (Å²) in [5.74, 6) is 6.25. The van der Waals surface area contributed by atoms with Crippen LogP contribution in [0.2, 0.25) is 0 Å². The van der Waals surface area contributed by atoms with Crippen LogP contribution < -0.4 is 11.3 Å². The molecule has 1 heterocycles. The van der Waals surface area contributed by atoms with Crippen LogP contribution in [0.3, 0.4) is 0 Å². The van der Waals surface area contributed by atoms with Crippen molar-refractivity contribution in [2.75, 3.05) is 0 Å². The molecule has 86 valence electrons. The van der Waals surface area contributed by atoms with Gasteiger partial charge in [0, 0.05) is 10.9 Å². The van der Waals surface area contributed by atoms with Crippen LogP contribution in [0, 0.1) is 5.92 Å². The van der Waals surface area contributed by atoms with Crippen LogP contribution in [0.1, 0.15) is 38.0 Å². The Labute approximate surface area is 96.9 Å². The standard InChI is InChI=1S/C12H22N2S/c1-10(2)9-11(14-13)5-3-6-12-7-4-8-15-12/h4,7-8,10-11,14H,3,5-6,9,13H2,1-2H3. The second-order valence-corrected chi connectivity index (χ2v) is 5.50. The van der Waals surface area contributed by atoms with Crippen molar-refractivity contribution in [2.45, 2.75) is 45.6 Å². The zero-order valence-corrected chi connectivity index (χ0v) is 10.5. The molecule has 0 saturated heterocycles. The Bertz CT molecular complexity index is 244. The van der Waals surface area contributed by atoms with E-state index >= 15 is 0 Å². The molecule has 0 aliphatic rings. The molecule has 15 heavy (non-hydrogen) atoms. The molecule has 0 aliphatic carbocycles. The third-order valence-corrected chi connectivity index (χ3v) is 3.48. The van der Waals surface area contributed by atoms with Gasteiger partial charge in [0.2, 0.25) is 0 Å². The molecule has 0 aliphatic heterocycles. The summed E-state index contributed by atoms with van der Waals surface area (Å²) >= 11 is 1.84. The van der Waals surface area contributed by atoms with Gasteiger partial charge in [0.25, 0.3) is 0 Å². The number of nitrogens with one attached hydrogen (secondary N) is 1. The van der Waals surface area contributed by atoms with Crippen LogP contribution >= 0.6 is 11.3 Å². The molecule has 3 N–H and O–H groups in total. The van der Waals surface area contributed by atoms with Gasteiger partial charge in [-0.2, -0.15) is 0 Å². The molecule has 2 nitrogen and oxygen atoms in total. The molecule has 1 rings (SSSR count). The molecular weight excluding hydrogens is 204 g/mol. The lowest BCUT2D eigenvalue weighted by molar-refractivity contribution is 0.397. The summed E-state index contributed by atoms with van der Waals surface area (Å²) in [4.78, 5) is 1.48. The second kappa shape index (κ2) is 6.99. The van der Waals surface area contributed by atoms with E-state index in [2.05, 4.69) is 36.8 Å². The number of thiophene rings is 1. The third-order valence-electron chi connectivity index (χ3n) is 2.55. The molecule has 0 radical (unpaired) electrons. The number of nitrogens with two attached hydrogens (primary N) is 1. The van der Waals surface area contributed by atoms with E-state index in [1.165, 1.54) is 30.6 Å². The first-order valence-electron chi connectivity index (χ1n) is 5.71. The van der Waals surface area contributed by atoms with Crippen molar-refractivity contribution in [1.29, 1.82) is 0 Å². The first-order valence-corrected chi connectivity index (χ1v) is 6.59. The SMILES string of the molecule is CC(C)CC(CCCc1cccs1)NN. The monoisotopic (exact) mass is 226 g/mol. The van der Waals surface area contributed by atoms with E-state index in [4.69, 9.17) is 5.84 Å². The highest BCUT2D eigenvalue weighted by Gasteiger charge is 2.08. The fourth-order valence-corrected chi connectivity index (χ4v) is 2.57. The summed E-state index contributed by atoms with van der Waals surface area (Å²) < 4.78 is 0. The second-order valence-electron chi connectivity index (χ2n) is 4.46. The van der Waals surface area contributed by atoms with Crippen LogP contribution in [-0.4, -0.2) is 6.04 Å². The van der Waals surface area contributed by atoms with Crippen molar-refractivity contribution in [3.63, 3.8) is 0 Å². The average Bonchev–Trinajstić information content (AvgIpc) is 2.68. The molecular formula is C12H22N2S. The predicted octanol–water partition coefficient (Wildman–Crippen LogP) is 2.95. The molecule has 0 spiro atoms. The van der Waals surface area contributed by atoms with Gasteiger partial charge < -0.3 is 0 Å². The van der Waals surface area contributed by atoms with E-state index in [1.807, 2.05) is 11.3 Å². The lowest BCUT2D eigenvalue weighted by atomic mass is 9.99. The Kier molecular flexibility index (Phi) is 5.91.